The van der Waals surface area contributed by atoms with Crippen LogP contribution in [0.1, 0.15) is 28.3 Å². The van der Waals surface area contributed by atoms with Crippen molar-refractivity contribution in [2.24, 2.45) is 0 Å². The molecule has 2 aromatic rings. The van der Waals surface area contributed by atoms with Crippen molar-refractivity contribution in [1.29, 1.82) is 0 Å². The summed E-state index contributed by atoms with van der Waals surface area (Å²) in [7, 11) is 1.36. The second-order valence-electron chi connectivity index (χ2n) is 6.75. The number of methoxy groups -OCH3 is 1. The maximum Gasteiger partial charge on any atom is 0.338 e. The molecule has 0 fully saturated rings. The van der Waals surface area contributed by atoms with E-state index in [0.717, 1.165) is 22.4 Å². The number of amides is 2. The van der Waals surface area contributed by atoms with Crippen LogP contribution in [0.25, 0.3) is 0 Å². The summed E-state index contributed by atoms with van der Waals surface area (Å²) in [6.07, 6.45) is 0. The molecule has 0 radical (unpaired) electrons. The Bertz CT molecular complexity index is 909. The molecule has 0 saturated carbocycles. The number of hydrogen-bond acceptors (Lipinski definition) is 4. The molecule has 0 spiro atoms. The molecule has 0 aromatic heterocycles. The van der Waals surface area contributed by atoms with Crippen LogP contribution in [0.3, 0.4) is 0 Å². The summed E-state index contributed by atoms with van der Waals surface area (Å²) in [5.41, 5.74) is 5.23. The van der Waals surface area contributed by atoms with Gasteiger partial charge in [-0.1, -0.05) is 54.1 Å². The van der Waals surface area contributed by atoms with Gasteiger partial charge in [-0.15, -0.1) is 0 Å². The van der Waals surface area contributed by atoms with Crippen molar-refractivity contribution in [2.45, 2.75) is 25.6 Å². The van der Waals surface area contributed by atoms with Crippen LogP contribution in [0.15, 0.2) is 59.8 Å². The molecule has 5 nitrogen and oxygen atoms in total. The fourth-order valence-electron chi connectivity index (χ4n) is 3.23. The zero-order valence-corrected chi connectivity index (χ0v) is 17.1. The topological polar surface area (TPSA) is 67.4 Å². The fraction of sp³-hybridized carbons (Fsp3) is 0.273. The van der Waals surface area contributed by atoms with E-state index in [1.54, 1.807) is 11.8 Å². The molecule has 1 aliphatic heterocycles. The van der Waals surface area contributed by atoms with Crippen LogP contribution in [0.4, 0.5) is 4.79 Å². The highest BCUT2D eigenvalue weighted by molar-refractivity contribution is 7.98. The molecule has 3 rings (SSSR count). The molecule has 28 heavy (non-hydrogen) atoms. The van der Waals surface area contributed by atoms with Gasteiger partial charge >= 0.3 is 12.0 Å². The SMILES string of the molecule is COC(=O)C1=C(CSCc2ccccc2)NC(=O)N[C@@H]1c1cc(C)ccc1C. The van der Waals surface area contributed by atoms with Gasteiger partial charge in [-0.2, -0.15) is 11.8 Å². The Morgan fingerprint density at radius 3 is 2.57 bits per heavy atom. The summed E-state index contributed by atoms with van der Waals surface area (Å²) >= 11 is 1.64. The van der Waals surface area contributed by atoms with E-state index in [9.17, 15) is 9.59 Å². The quantitative estimate of drug-likeness (QED) is 0.724. The van der Waals surface area contributed by atoms with Gasteiger partial charge in [0.05, 0.1) is 18.7 Å². The number of carbonyl (C=O) groups is 2. The molecule has 0 bridgehead atoms. The molecule has 0 aliphatic carbocycles. The number of urea groups is 1. The van der Waals surface area contributed by atoms with Crippen molar-refractivity contribution < 1.29 is 14.3 Å². The number of aryl methyl sites for hydroxylation is 2. The van der Waals surface area contributed by atoms with Crippen molar-refractivity contribution in [2.75, 3.05) is 12.9 Å². The highest BCUT2D eigenvalue weighted by Gasteiger charge is 2.34. The average Bonchev–Trinajstić information content (AvgIpc) is 2.69. The lowest BCUT2D eigenvalue weighted by molar-refractivity contribution is -0.136. The lowest BCUT2D eigenvalue weighted by atomic mass is 9.91. The highest BCUT2D eigenvalue weighted by atomic mass is 32.2. The van der Waals surface area contributed by atoms with Crippen LogP contribution in [0.2, 0.25) is 0 Å². The Labute approximate surface area is 169 Å². The van der Waals surface area contributed by atoms with Crippen LogP contribution in [0.5, 0.6) is 0 Å². The van der Waals surface area contributed by atoms with Gasteiger partial charge in [0.15, 0.2) is 0 Å². The minimum Gasteiger partial charge on any atom is -0.466 e. The Balaban J connectivity index is 1.92. The number of hydrogen-bond donors (Lipinski definition) is 2. The van der Waals surface area contributed by atoms with Gasteiger partial charge in [-0.3, -0.25) is 0 Å². The van der Waals surface area contributed by atoms with Gasteiger partial charge in [0.1, 0.15) is 0 Å². The lowest BCUT2D eigenvalue weighted by Gasteiger charge is -2.30. The minimum absolute atomic E-state index is 0.311. The second kappa shape index (κ2) is 8.97. The van der Waals surface area contributed by atoms with Crippen molar-refractivity contribution in [1.82, 2.24) is 10.6 Å². The van der Waals surface area contributed by atoms with Crippen molar-refractivity contribution in [3.05, 3.63) is 82.1 Å². The van der Waals surface area contributed by atoms with E-state index in [2.05, 4.69) is 22.8 Å². The first-order valence-electron chi connectivity index (χ1n) is 9.07. The fourth-order valence-corrected chi connectivity index (χ4v) is 4.19. The van der Waals surface area contributed by atoms with Gasteiger partial charge in [-0.05, 0) is 30.5 Å². The van der Waals surface area contributed by atoms with Crippen LogP contribution in [-0.2, 0) is 15.3 Å². The summed E-state index contributed by atoms with van der Waals surface area (Å²) in [4.78, 5) is 24.9. The summed E-state index contributed by atoms with van der Waals surface area (Å²) < 4.78 is 5.04. The van der Waals surface area contributed by atoms with Crippen LogP contribution < -0.4 is 10.6 Å². The van der Waals surface area contributed by atoms with E-state index in [-0.39, 0.29) is 6.03 Å². The molecule has 0 unspecified atom stereocenters. The van der Waals surface area contributed by atoms with E-state index < -0.39 is 12.0 Å². The molecule has 146 valence electrons. The van der Waals surface area contributed by atoms with Crippen molar-refractivity contribution in [3.63, 3.8) is 0 Å². The monoisotopic (exact) mass is 396 g/mol. The molecule has 0 saturated heterocycles. The van der Waals surface area contributed by atoms with E-state index in [0.29, 0.717) is 17.0 Å². The number of esters is 1. The molecule has 6 heteroatoms. The standard InChI is InChI=1S/C22H24N2O3S/c1-14-9-10-15(2)17(11-14)20-19(21(25)27-3)18(23-22(26)24-20)13-28-12-16-7-5-4-6-8-16/h4-11,20H,12-13H2,1-3H3,(H2,23,24,26)/t20-/m1/s1. The predicted molar refractivity (Wildman–Crippen MR) is 112 cm³/mol. The number of carbonyl (C=O) groups excluding carboxylic acids is 2. The zero-order chi connectivity index (χ0) is 20.1. The van der Waals surface area contributed by atoms with Crippen LogP contribution in [-0.4, -0.2) is 24.9 Å². The lowest BCUT2D eigenvalue weighted by Crippen LogP contribution is -2.46. The maximum absolute atomic E-state index is 12.6. The molecule has 1 aliphatic rings. The van der Waals surface area contributed by atoms with Crippen LogP contribution >= 0.6 is 11.8 Å². The summed E-state index contributed by atoms with van der Waals surface area (Å²) in [6.45, 7) is 3.96. The highest BCUT2D eigenvalue weighted by Crippen LogP contribution is 2.31. The number of rotatable bonds is 6. The Kier molecular flexibility index (Phi) is 6.41. The first-order chi connectivity index (χ1) is 13.5. The van der Waals surface area contributed by atoms with E-state index in [1.165, 1.54) is 12.7 Å². The first kappa shape index (κ1) is 20.0. The molecular formula is C22H24N2O3S. The van der Waals surface area contributed by atoms with E-state index >= 15 is 0 Å². The average molecular weight is 397 g/mol. The van der Waals surface area contributed by atoms with Crippen molar-refractivity contribution >= 4 is 23.8 Å². The van der Waals surface area contributed by atoms with Gasteiger partial charge in [0.25, 0.3) is 0 Å². The molecular weight excluding hydrogens is 372 g/mol. The number of thioether (sulfide) groups is 1. The summed E-state index contributed by atoms with van der Waals surface area (Å²) in [5.74, 6) is 0.860. The third-order valence-electron chi connectivity index (χ3n) is 4.66. The molecule has 2 N–H and O–H groups in total. The Morgan fingerprint density at radius 1 is 1.11 bits per heavy atom. The normalized spacial score (nSPS) is 16.4. The van der Waals surface area contributed by atoms with Gasteiger partial charge in [0, 0.05) is 17.2 Å². The number of benzene rings is 2. The number of nitrogens with one attached hydrogen (secondary N) is 2. The Morgan fingerprint density at radius 2 is 1.86 bits per heavy atom. The van der Waals surface area contributed by atoms with Gasteiger partial charge < -0.3 is 15.4 Å². The largest absolute Gasteiger partial charge is 0.466 e. The maximum atomic E-state index is 12.6. The Hall–Kier alpha value is -2.73. The van der Waals surface area contributed by atoms with Gasteiger partial charge in [0.2, 0.25) is 0 Å². The van der Waals surface area contributed by atoms with E-state index in [1.807, 2.05) is 50.2 Å². The third kappa shape index (κ3) is 4.57. The van der Waals surface area contributed by atoms with Crippen LogP contribution in [0, 0.1) is 13.8 Å². The second-order valence-corrected chi connectivity index (χ2v) is 7.74. The minimum atomic E-state index is -0.534. The molecule has 2 aromatic carbocycles. The molecule has 1 atom stereocenters. The van der Waals surface area contributed by atoms with E-state index in [4.69, 9.17) is 4.74 Å². The number of ether oxygens (including phenoxy) is 1. The smallest absolute Gasteiger partial charge is 0.338 e. The summed E-state index contributed by atoms with van der Waals surface area (Å²) in [6, 6.07) is 15.3. The molecule has 2 amide bonds. The molecule has 1 heterocycles. The third-order valence-corrected chi connectivity index (χ3v) is 5.69. The predicted octanol–water partition coefficient (Wildman–Crippen LogP) is 4.02. The summed E-state index contributed by atoms with van der Waals surface area (Å²) in [5, 5.41) is 5.70. The van der Waals surface area contributed by atoms with Gasteiger partial charge in [-0.25, -0.2) is 9.59 Å². The zero-order valence-electron chi connectivity index (χ0n) is 16.2. The first-order valence-corrected chi connectivity index (χ1v) is 10.2. The van der Waals surface area contributed by atoms with Crippen molar-refractivity contribution in [3.8, 4) is 0 Å².